The van der Waals surface area contributed by atoms with Gasteiger partial charge in [0.2, 0.25) is 5.88 Å². The van der Waals surface area contributed by atoms with Gasteiger partial charge in [-0.25, -0.2) is 0 Å². The van der Waals surface area contributed by atoms with E-state index in [1.807, 2.05) is 66.1 Å². The second-order valence-electron chi connectivity index (χ2n) is 7.89. The summed E-state index contributed by atoms with van der Waals surface area (Å²) in [6.07, 6.45) is 0. The maximum absolute atomic E-state index is 13.6. The summed E-state index contributed by atoms with van der Waals surface area (Å²) in [7, 11) is 0. The molecule has 0 aliphatic carbocycles. The Morgan fingerprint density at radius 1 is 0.935 bits per heavy atom. The number of pyridine rings is 1. The minimum absolute atomic E-state index is 0.0347. The van der Waals surface area contributed by atoms with Crippen LogP contribution >= 0.6 is 0 Å². The Labute approximate surface area is 180 Å². The van der Waals surface area contributed by atoms with Gasteiger partial charge in [0.1, 0.15) is 0 Å². The maximum Gasteiger partial charge on any atom is 0.262 e. The molecule has 3 aromatic carbocycles. The van der Waals surface area contributed by atoms with Gasteiger partial charge in [-0.3, -0.25) is 4.79 Å². The molecule has 0 bridgehead atoms. The molecule has 1 N–H and O–H groups in total. The van der Waals surface area contributed by atoms with Gasteiger partial charge in [0.05, 0.1) is 16.5 Å². The molecule has 2 aromatic heterocycles. The lowest BCUT2D eigenvalue weighted by Gasteiger charge is -2.10. The van der Waals surface area contributed by atoms with Gasteiger partial charge >= 0.3 is 0 Å². The number of anilines is 2. The molecule has 2 heterocycles. The van der Waals surface area contributed by atoms with E-state index in [-0.39, 0.29) is 5.56 Å². The fraction of sp³-hybridized carbons (Fsp3) is 0.148. The van der Waals surface area contributed by atoms with Crippen molar-refractivity contribution in [3.63, 3.8) is 0 Å². The number of nitrogens with zero attached hydrogens (tertiary/aromatic N) is 1. The van der Waals surface area contributed by atoms with Gasteiger partial charge in [-0.1, -0.05) is 60.2 Å². The predicted molar refractivity (Wildman–Crippen MR) is 128 cm³/mol. The van der Waals surface area contributed by atoms with Crippen LogP contribution in [0.15, 0.2) is 82.0 Å². The lowest BCUT2D eigenvalue weighted by atomic mass is 10.0. The highest BCUT2D eigenvalue weighted by Gasteiger charge is 2.23. The number of rotatable bonds is 4. The molecule has 0 saturated carbocycles. The van der Waals surface area contributed by atoms with Crippen LogP contribution in [-0.4, -0.2) is 4.57 Å². The summed E-state index contributed by atoms with van der Waals surface area (Å²) in [5, 5.41) is 5.02. The highest BCUT2D eigenvalue weighted by molar-refractivity contribution is 6.11. The Balaban J connectivity index is 1.88. The lowest BCUT2D eigenvalue weighted by Crippen LogP contribution is -2.19. The van der Waals surface area contributed by atoms with Crippen LogP contribution in [0.5, 0.6) is 0 Å². The fourth-order valence-corrected chi connectivity index (χ4v) is 4.33. The van der Waals surface area contributed by atoms with Crippen molar-refractivity contribution in [2.24, 2.45) is 0 Å². The number of fused-ring (bicyclic) bond motifs is 3. The van der Waals surface area contributed by atoms with Crippen LogP contribution in [0, 0.1) is 13.8 Å². The Morgan fingerprint density at radius 3 is 2.42 bits per heavy atom. The molecular weight excluding hydrogens is 384 g/mol. The van der Waals surface area contributed by atoms with Crippen LogP contribution in [0.4, 0.5) is 11.6 Å². The number of benzene rings is 3. The first-order chi connectivity index (χ1) is 15.1. The largest absolute Gasteiger partial charge is 0.439 e. The second-order valence-corrected chi connectivity index (χ2v) is 7.89. The Morgan fingerprint density at radius 2 is 1.68 bits per heavy atom. The van der Waals surface area contributed by atoms with Crippen molar-refractivity contribution in [3.05, 3.63) is 94.3 Å². The van der Waals surface area contributed by atoms with E-state index in [1.165, 1.54) is 5.56 Å². The summed E-state index contributed by atoms with van der Waals surface area (Å²) in [6, 6.07) is 24.1. The number of nitrogens with one attached hydrogen (secondary N) is 1. The molecule has 0 saturated heterocycles. The van der Waals surface area contributed by atoms with Crippen molar-refractivity contribution >= 4 is 33.4 Å². The van der Waals surface area contributed by atoms with Crippen molar-refractivity contribution in [2.75, 3.05) is 5.32 Å². The molecule has 0 spiro atoms. The third-order valence-electron chi connectivity index (χ3n) is 5.82. The summed E-state index contributed by atoms with van der Waals surface area (Å²) in [5.74, 6) is 0.587. The molecule has 0 fully saturated rings. The van der Waals surface area contributed by atoms with Crippen LogP contribution in [0.2, 0.25) is 0 Å². The zero-order valence-corrected chi connectivity index (χ0v) is 17.9. The van der Waals surface area contributed by atoms with E-state index in [0.717, 1.165) is 33.3 Å². The normalized spacial score (nSPS) is 11.3. The second kappa shape index (κ2) is 7.47. The quantitative estimate of drug-likeness (QED) is 0.356. The Hall–Kier alpha value is -3.79. The molecule has 0 atom stereocenters. The van der Waals surface area contributed by atoms with Gasteiger partial charge in [-0.05, 0) is 50.1 Å². The van der Waals surface area contributed by atoms with Gasteiger partial charge in [0.15, 0.2) is 5.58 Å². The molecule has 0 aliphatic heterocycles. The minimum Gasteiger partial charge on any atom is -0.439 e. The van der Waals surface area contributed by atoms with Gasteiger partial charge in [0, 0.05) is 17.6 Å². The van der Waals surface area contributed by atoms with Crippen molar-refractivity contribution < 1.29 is 4.42 Å². The standard InChI is InChI=1S/C27H24N2O2/c1-4-29-22-13-9-8-12-20(22)25-24(27(29)30)23(19-10-6-5-7-11-19)26(31-25)28-21-15-14-17(2)16-18(21)3/h5-16,28H,4H2,1-3H3. The average Bonchev–Trinajstić information content (AvgIpc) is 3.16. The van der Waals surface area contributed by atoms with Crippen molar-refractivity contribution in [1.29, 1.82) is 0 Å². The molecule has 0 unspecified atom stereocenters. The first-order valence-corrected chi connectivity index (χ1v) is 10.6. The zero-order chi connectivity index (χ0) is 21.5. The molecule has 0 amide bonds. The number of aromatic nitrogens is 1. The molecule has 0 aliphatic rings. The van der Waals surface area contributed by atoms with Crippen molar-refractivity contribution in [3.8, 4) is 11.1 Å². The van der Waals surface area contributed by atoms with Crippen molar-refractivity contribution in [1.82, 2.24) is 4.57 Å². The number of furan rings is 1. The van der Waals surface area contributed by atoms with Crippen LogP contribution in [-0.2, 0) is 6.54 Å². The molecule has 4 nitrogen and oxygen atoms in total. The van der Waals surface area contributed by atoms with Crippen LogP contribution in [0.1, 0.15) is 18.1 Å². The number of aryl methyl sites for hydroxylation is 3. The smallest absolute Gasteiger partial charge is 0.262 e. The van der Waals surface area contributed by atoms with Gasteiger partial charge in [-0.2, -0.15) is 0 Å². The summed E-state index contributed by atoms with van der Waals surface area (Å²) in [4.78, 5) is 13.6. The Kier molecular flexibility index (Phi) is 4.63. The summed E-state index contributed by atoms with van der Waals surface area (Å²) < 4.78 is 8.23. The molecule has 0 radical (unpaired) electrons. The SMILES string of the molecule is CCn1c(=O)c2c(-c3ccccc3)c(Nc3ccc(C)cc3C)oc2c2ccccc21. The third kappa shape index (κ3) is 3.12. The summed E-state index contributed by atoms with van der Waals surface area (Å²) >= 11 is 0. The van der Waals surface area contributed by atoms with E-state index < -0.39 is 0 Å². The van der Waals surface area contributed by atoms with Crippen LogP contribution in [0.3, 0.4) is 0 Å². The lowest BCUT2D eigenvalue weighted by molar-refractivity contribution is 0.637. The Bertz CT molecular complexity index is 1480. The maximum atomic E-state index is 13.6. The molecule has 154 valence electrons. The topological polar surface area (TPSA) is 47.2 Å². The van der Waals surface area contributed by atoms with E-state index in [0.29, 0.717) is 23.4 Å². The van der Waals surface area contributed by atoms with E-state index in [1.54, 1.807) is 0 Å². The number of hydrogen-bond acceptors (Lipinski definition) is 3. The molecule has 5 aromatic rings. The van der Waals surface area contributed by atoms with E-state index >= 15 is 0 Å². The van der Waals surface area contributed by atoms with Crippen molar-refractivity contribution in [2.45, 2.75) is 27.3 Å². The predicted octanol–water partition coefficient (Wildman–Crippen LogP) is 6.80. The first kappa shape index (κ1) is 19.2. The molecule has 5 rings (SSSR count). The van der Waals surface area contributed by atoms with Gasteiger partial charge in [-0.15, -0.1) is 0 Å². The van der Waals surface area contributed by atoms with E-state index in [2.05, 4.69) is 37.4 Å². The summed E-state index contributed by atoms with van der Waals surface area (Å²) in [6.45, 7) is 6.73. The van der Waals surface area contributed by atoms with E-state index in [9.17, 15) is 4.79 Å². The molecule has 4 heteroatoms. The van der Waals surface area contributed by atoms with Gasteiger partial charge < -0.3 is 14.3 Å². The molecule has 31 heavy (non-hydrogen) atoms. The van der Waals surface area contributed by atoms with Crippen LogP contribution < -0.4 is 10.9 Å². The van der Waals surface area contributed by atoms with Crippen LogP contribution in [0.25, 0.3) is 33.0 Å². The number of hydrogen-bond donors (Lipinski definition) is 1. The highest BCUT2D eigenvalue weighted by atomic mass is 16.4. The first-order valence-electron chi connectivity index (χ1n) is 10.6. The summed E-state index contributed by atoms with van der Waals surface area (Å²) in [5.41, 5.74) is 6.50. The minimum atomic E-state index is -0.0347. The van der Waals surface area contributed by atoms with Gasteiger partial charge in [0.25, 0.3) is 5.56 Å². The highest BCUT2D eigenvalue weighted by Crippen LogP contribution is 2.41. The average molecular weight is 409 g/mol. The fourth-order valence-electron chi connectivity index (χ4n) is 4.33. The number of para-hydroxylation sites is 1. The van der Waals surface area contributed by atoms with E-state index in [4.69, 9.17) is 4.42 Å². The third-order valence-corrected chi connectivity index (χ3v) is 5.82. The monoisotopic (exact) mass is 408 g/mol. The zero-order valence-electron chi connectivity index (χ0n) is 17.9. The molecular formula is C27H24N2O2.